The van der Waals surface area contributed by atoms with Crippen LogP contribution in [0.1, 0.15) is 5.56 Å². The van der Waals surface area contributed by atoms with Crippen LogP contribution in [0.4, 0.5) is 15.9 Å². The van der Waals surface area contributed by atoms with Crippen LogP contribution in [-0.2, 0) is 6.42 Å². The molecule has 0 saturated heterocycles. The van der Waals surface area contributed by atoms with Crippen molar-refractivity contribution < 1.29 is 4.39 Å². The predicted octanol–water partition coefficient (Wildman–Crippen LogP) is 3.73. The van der Waals surface area contributed by atoms with Crippen LogP contribution in [0, 0.1) is 5.82 Å². The molecule has 1 aromatic carbocycles. The van der Waals surface area contributed by atoms with Crippen LogP contribution >= 0.6 is 27.5 Å². The van der Waals surface area contributed by atoms with E-state index in [4.69, 9.17) is 11.6 Å². The molecule has 1 aliphatic heterocycles. The van der Waals surface area contributed by atoms with E-state index < -0.39 is 0 Å². The third-order valence-corrected chi connectivity index (χ3v) is 4.17. The van der Waals surface area contributed by atoms with Crippen LogP contribution in [0.2, 0.25) is 5.15 Å². The van der Waals surface area contributed by atoms with Crippen LogP contribution in [0.5, 0.6) is 0 Å². The average Bonchev–Trinajstić information content (AvgIpc) is 2.75. The van der Waals surface area contributed by atoms with E-state index in [-0.39, 0.29) is 5.82 Å². The molecule has 3 nitrogen and oxygen atoms in total. The minimum Gasteiger partial charge on any atom is -0.325 e. The van der Waals surface area contributed by atoms with Gasteiger partial charge in [-0.3, -0.25) is 0 Å². The van der Waals surface area contributed by atoms with Crippen molar-refractivity contribution in [2.75, 3.05) is 11.4 Å². The number of hydrogen-bond donors (Lipinski definition) is 0. The van der Waals surface area contributed by atoms with E-state index in [0.29, 0.717) is 15.4 Å². The highest BCUT2D eigenvalue weighted by molar-refractivity contribution is 9.10. The SMILES string of the molecule is Fc1ccc2c(c1)N(c1ncnc(Cl)c1Br)CC2. The first kappa shape index (κ1) is 11.9. The van der Waals surface area contributed by atoms with Gasteiger partial charge in [0.2, 0.25) is 0 Å². The Morgan fingerprint density at radius 1 is 1.33 bits per heavy atom. The highest BCUT2D eigenvalue weighted by Crippen LogP contribution is 2.38. The Morgan fingerprint density at radius 2 is 2.17 bits per heavy atom. The molecule has 2 heterocycles. The molecule has 0 radical (unpaired) electrons. The molecular formula is C12H8BrClFN3. The molecular weight excluding hydrogens is 321 g/mol. The van der Waals surface area contributed by atoms with Gasteiger partial charge >= 0.3 is 0 Å². The first-order chi connectivity index (χ1) is 8.66. The zero-order valence-electron chi connectivity index (χ0n) is 9.20. The largest absolute Gasteiger partial charge is 0.325 e. The summed E-state index contributed by atoms with van der Waals surface area (Å²) in [6.45, 7) is 0.755. The van der Waals surface area contributed by atoms with Gasteiger partial charge in [-0.05, 0) is 40.0 Å². The zero-order chi connectivity index (χ0) is 12.7. The lowest BCUT2D eigenvalue weighted by Crippen LogP contribution is -2.15. The molecule has 18 heavy (non-hydrogen) atoms. The molecule has 92 valence electrons. The molecule has 1 aromatic heterocycles. The normalized spacial score (nSPS) is 13.8. The second-order valence-electron chi connectivity index (χ2n) is 3.98. The Labute approximate surface area is 117 Å². The molecule has 6 heteroatoms. The van der Waals surface area contributed by atoms with Gasteiger partial charge in [-0.1, -0.05) is 17.7 Å². The van der Waals surface area contributed by atoms with Gasteiger partial charge in [0.15, 0.2) is 5.82 Å². The molecule has 0 amide bonds. The van der Waals surface area contributed by atoms with Crippen molar-refractivity contribution in [1.82, 2.24) is 9.97 Å². The van der Waals surface area contributed by atoms with Gasteiger partial charge in [0.25, 0.3) is 0 Å². The third kappa shape index (κ3) is 1.87. The molecule has 0 fully saturated rings. The summed E-state index contributed by atoms with van der Waals surface area (Å²) in [4.78, 5) is 10.0. The smallest absolute Gasteiger partial charge is 0.152 e. The fraction of sp³-hybridized carbons (Fsp3) is 0.167. The molecule has 1 aliphatic rings. The maximum atomic E-state index is 13.3. The first-order valence-corrected chi connectivity index (χ1v) is 6.56. The number of anilines is 2. The Bertz CT molecular complexity index is 620. The van der Waals surface area contributed by atoms with Crippen molar-refractivity contribution in [1.29, 1.82) is 0 Å². The Hall–Kier alpha value is -1.20. The van der Waals surface area contributed by atoms with Crippen molar-refractivity contribution in [3.63, 3.8) is 0 Å². The molecule has 0 saturated carbocycles. The summed E-state index contributed by atoms with van der Waals surface area (Å²) in [5.41, 5.74) is 1.95. The van der Waals surface area contributed by atoms with Gasteiger partial charge < -0.3 is 4.90 Å². The van der Waals surface area contributed by atoms with E-state index >= 15 is 0 Å². The van der Waals surface area contributed by atoms with Crippen LogP contribution in [-0.4, -0.2) is 16.5 Å². The molecule has 0 spiro atoms. The van der Waals surface area contributed by atoms with E-state index in [9.17, 15) is 4.39 Å². The van der Waals surface area contributed by atoms with Gasteiger partial charge in [0.05, 0.1) is 4.47 Å². The topological polar surface area (TPSA) is 29.0 Å². The molecule has 0 unspecified atom stereocenters. The minimum atomic E-state index is -0.253. The number of hydrogen-bond acceptors (Lipinski definition) is 3. The van der Waals surface area contributed by atoms with E-state index in [0.717, 1.165) is 24.2 Å². The maximum Gasteiger partial charge on any atom is 0.152 e. The zero-order valence-corrected chi connectivity index (χ0v) is 11.5. The molecule has 3 rings (SSSR count). The molecule has 0 N–H and O–H groups in total. The minimum absolute atomic E-state index is 0.253. The highest BCUT2D eigenvalue weighted by Gasteiger charge is 2.24. The maximum absolute atomic E-state index is 13.3. The van der Waals surface area contributed by atoms with Crippen molar-refractivity contribution in [3.8, 4) is 0 Å². The third-order valence-electron chi connectivity index (χ3n) is 2.93. The van der Waals surface area contributed by atoms with Gasteiger partial charge in [-0.2, -0.15) is 0 Å². The quantitative estimate of drug-likeness (QED) is 0.747. The van der Waals surface area contributed by atoms with Crippen LogP contribution in [0.25, 0.3) is 0 Å². The second-order valence-corrected chi connectivity index (χ2v) is 5.13. The fourth-order valence-electron chi connectivity index (χ4n) is 2.10. The van der Waals surface area contributed by atoms with Crippen molar-refractivity contribution in [3.05, 3.63) is 45.5 Å². The van der Waals surface area contributed by atoms with Crippen LogP contribution in [0.3, 0.4) is 0 Å². The monoisotopic (exact) mass is 327 g/mol. The lowest BCUT2D eigenvalue weighted by atomic mass is 10.2. The average molecular weight is 329 g/mol. The second kappa shape index (κ2) is 4.48. The molecule has 2 aromatic rings. The Balaban J connectivity index is 2.11. The van der Waals surface area contributed by atoms with Gasteiger partial charge in [0.1, 0.15) is 17.3 Å². The molecule has 0 bridgehead atoms. The highest BCUT2D eigenvalue weighted by atomic mass is 79.9. The van der Waals surface area contributed by atoms with Crippen molar-refractivity contribution in [2.24, 2.45) is 0 Å². The number of rotatable bonds is 1. The Morgan fingerprint density at radius 3 is 3.00 bits per heavy atom. The molecule has 0 aliphatic carbocycles. The van der Waals surface area contributed by atoms with E-state index in [1.54, 1.807) is 6.07 Å². The first-order valence-electron chi connectivity index (χ1n) is 5.39. The van der Waals surface area contributed by atoms with Gasteiger partial charge in [-0.15, -0.1) is 0 Å². The van der Waals surface area contributed by atoms with E-state index in [1.807, 2.05) is 4.90 Å². The summed E-state index contributed by atoms with van der Waals surface area (Å²) in [5, 5.41) is 0.352. The van der Waals surface area contributed by atoms with Crippen LogP contribution in [0.15, 0.2) is 29.0 Å². The predicted molar refractivity (Wildman–Crippen MR) is 71.9 cm³/mol. The van der Waals surface area contributed by atoms with E-state index in [1.165, 1.54) is 18.5 Å². The number of halogens is 3. The standard InChI is InChI=1S/C12H8BrClFN3/c13-10-11(14)16-6-17-12(10)18-4-3-7-1-2-8(15)5-9(7)18/h1-2,5-6H,3-4H2. The van der Waals surface area contributed by atoms with Crippen molar-refractivity contribution >= 4 is 39.0 Å². The summed E-state index contributed by atoms with van der Waals surface area (Å²) in [7, 11) is 0. The van der Waals surface area contributed by atoms with E-state index in [2.05, 4.69) is 25.9 Å². The van der Waals surface area contributed by atoms with Crippen LogP contribution < -0.4 is 4.90 Å². The summed E-state index contributed by atoms with van der Waals surface area (Å²) >= 11 is 9.32. The number of aromatic nitrogens is 2. The fourth-order valence-corrected chi connectivity index (χ4v) is 2.65. The van der Waals surface area contributed by atoms with Gasteiger partial charge in [-0.25, -0.2) is 14.4 Å². The van der Waals surface area contributed by atoms with Crippen molar-refractivity contribution in [2.45, 2.75) is 6.42 Å². The molecule has 0 atom stereocenters. The summed E-state index contributed by atoms with van der Waals surface area (Å²) < 4.78 is 14.0. The summed E-state index contributed by atoms with van der Waals surface area (Å²) in [6.07, 6.45) is 2.27. The Kier molecular flexibility index (Phi) is 2.95. The number of nitrogens with zero attached hydrogens (tertiary/aromatic N) is 3. The summed E-state index contributed by atoms with van der Waals surface area (Å²) in [5.74, 6) is 0.413. The number of fused-ring (bicyclic) bond motifs is 1. The summed E-state index contributed by atoms with van der Waals surface area (Å²) in [6, 6.07) is 4.80. The lowest BCUT2D eigenvalue weighted by molar-refractivity contribution is 0.628. The lowest BCUT2D eigenvalue weighted by Gasteiger charge is -2.19. The van der Waals surface area contributed by atoms with Gasteiger partial charge in [0, 0.05) is 12.2 Å². The number of benzene rings is 1.